The minimum atomic E-state index is -0.00389. The maximum Gasteiger partial charge on any atom is 0.268 e. The van der Waals surface area contributed by atoms with Crippen LogP contribution in [0.25, 0.3) is 0 Å². The Morgan fingerprint density at radius 1 is 1.52 bits per heavy atom. The standard InChI is InChI=1S/C16H28N4O/c1-3-14(17)7-5-9-20-16(21)10-15(11-18-20)19-8-4-6-13(2)12-19/h10-11,13-14H,3-9,12,17H2,1-2H3. The zero-order valence-electron chi connectivity index (χ0n) is 13.3. The van der Waals surface area contributed by atoms with E-state index >= 15 is 0 Å². The van der Waals surface area contributed by atoms with E-state index < -0.39 is 0 Å². The number of hydrogen-bond acceptors (Lipinski definition) is 4. The fourth-order valence-electron chi connectivity index (χ4n) is 2.90. The molecule has 5 nitrogen and oxygen atoms in total. The van der Waals surface area contributed by atoms with E-state index in [9.17, 15) is 4.79 Å². The Labute approximate surface area is 127 Å². The minimum absolute atomic E-state index is 0.00389. The fraction of sp³-hybridized carbons (Fsp3) is 0.750. The Morgan fingerprint density at radius 3 is 3.00 bits per heavy atom. The number of rotatable bonds is 6. The molecule has 0 spiro atoms. The van der Waals surface area contributed by atoms with E-state index in [0.717, 1.165) is 38.0 Å². The van der Waals surface area contributed by atoms with Crippen molar-refractivity contribution in [1.29, 1.82) is 0 Å². The molecule has 0 aliphatic carbocycles. The van der Waals surface area contributed by atoms with Gasteiger partial charge in [0.05, 0.1) is 11.9 Å². The number of aromatic nitrogens is 2. The second-order valence-electron chi connectivity index (χ2n) is 6.28. The van der Waals surface area contributed by atoms with Crippen LogP contribution in [0.4, 0.5) is 5.69 Å². The Bertz CT molecular complexity index is 499. The molecule has 0 radical (unpaired) electrons. The van der Waals surface area contributed by atoms with Crippen molar-refractivity contribution in [3.63, 3.8) is 0 Å². The number of hydrogen-bond donors (Lipinski definition) is 1. The summed E-state index contributed by atoms with van der Waals surface area (Å²) in [6.45, 7) is 7.06. The molecular formula is C16H28N4O. The first-order valence-corrected chi connectivity index (χ1v) is 8.18. The van der Waals surface area contributed by atoms with Crippen LogP contribution >= 0.6 is 0 Å². The van der Waals surface area contributed by atoms with Crippen molar-refractivity contribution < 1.29 is 0 Å². The summed E-state index contributed by atoms with van der Waals surface area (Å²) in [5, 5.41) is 4.32. The third-order valence-electron chi connectivity index (χ3n) is 4.35. The van der Waals surface area contributed by atoms with Crippen molar-refractivity contribution in [3.8, 4) is 0 Å². The Hall–Kier alpha value is -1.36. The molecule has 0 aromatic carbocycles. The summed E-state index contributed by atoms with van der Waals surface area (Å²) in [6, 6.07) is 1.96. The normalized spacial score (nSPS) is 20.5. The molecule has 1 aromatic rings. The van der Waals surface area contributed by atoms with Crippen LogP contribution in [-0.2, 0) is 6.54 Å². The fourth-order valence-corrected chi connectivity index (χ4v) is 2.90. The molecule has 1 aromatic heterocycles. The number of nitrogens with two attached hydrogens (primary N) is 1. The van der Waals surface area contributed by atoms with E-state index in [1.165, 1.54) is 12.8 Å². The largest absolute Gasteiger partial charge is 0.370 e. The average molecular weight is 292 g/mol. The van der Waals surface area contributed by atoms with Crippen LogP contribution in [0, 0.1) is 5.92 Å². The highest BCUT2D eigenvalue weighted by Crippen LogP contribution is 2.20. The van der Waals surface area contributed by atoms with Gasteiger partial charge in [-0.15, -0.1) is 0 Å². The summed E-state index contributed by atoms with van der Waals surface area (Å²) in [5.74, 6) is 0.691. The number of nitrogens with zero attached hydrogens (tertiary/aromatic N) is 3. The SMILES string of the molecule is CCC(N)CCCn1ncc(N2CCCC(C)C2)cc1=O. The van der Waals surface area contributed by atoms with E-state index in [4.69, 9.17) is 5.73 Å². The van der Waals surface area contributed by atoms with Crippen LogP contribution in [0.3, 0.4) is 0 Å². The summed E-state index contributed by atoms with van der Waals surface area (Å²) in [6.07, 6.45) is 7.13. The molecule has 1 aliphatic rings. The molecule has 5 heteroatoms. The zero-order valence-corrected chi connectivity index (χ0v) is 13.3. The highest BCUT2D eigenvalue weighted by Gasteiger charge is 2.17. The van der Waals surface area contributed by atoms with Gasteiger partial charge in [-0.2, -0.15) is 5.10 Å². The van der Waals surface area contributed by atoms with Crippen molar-refractivity contribution in [3.05, 3.63) is 22.6 Å². The van der Waals surface area contributed by atoms with Crippen molar-refractivity contribution in [2.75, 3.05) is 18.0 Å². The van der Waals surface area contributed by atoms with Crippen LogP contribution in [0.2, 0.25) is 0 Å². The van der Waals surface area contributed by atoms with Gasteiger partial charge in [0.15, 0.2) is 0 Å². The summed E-state index contributed by atoms with van der Waals surface area (Å²) in [7, 11) is 0. The molecule has 0 bridgehead atoms. The van der Waals surface area contributed by atoms with E-state index in [-0.39, 0.29) is 11.6 Å². The van der Waals surface area contributed by atoms with Crippen molar-refractivity contribution in [1.82, 2.24) is 9.78 Å². The van der Waals surface area contributed by atoms with E-state index in [2.05, 4.69) is 23.8 Å². The highest BCUT2D eigenvalue weighted by atomic mass is 16.1. The van der Waals surface area contributed by atoms with Crippen LogP contribution in [0.15, 0.2) is 17.1 Å². The van der Waals surface area contributed by atoms with Crippen LogP contribution in [-0.4, -0.2) is 28.9 Å². The molecule has 2 atom stereocenters. The third kappa shape index (κ3) is 4.56. The highest BCUT2D eigenvalue weighted by molar-refractivity contribution is 5.43. The van der Waals surface area contributed by atoms with Gasteiger partial charge in [-0.25, -0.2) is 4.68 Å². The lowest BCUT2D eigenvalue weighted by Crippen LogP contribution is -2.35. The van der Waals surface area contributed by atoms with Gasteiger partial charge in [-0.05, 0) is 38.0 Å². The summed E-state index contributed by atoms with van der Waals surface area (Å²) < 4.78 is 1.55. The van der Waals surface area contributed by atoms with Crippen molar-refractivity contribution >= 4 is 5.69 Å². The molecule has 1 saturated heterocycles. The predicted octanol–water partition coefficient (Wildman–Crippen LogP) is 2.00. The van der Waals surface area contributed by atoms with Gasteiger partial charge in [-0.3, -0.25) is 4.79 Å². The summed E-state index contributed by atoms with van der Waals surface area (Å²) in [4.78, 5) is 14.4. The first kappa shape index (κ1) is 16.0. The van der Waals surface area contributed by atoms with E-state index in [1.54, 1.807) is 10.7 Å². The zero-order chi connectivity index (χ0) is 15.2. The smallest absolute Gasteiger partial charge is 0.268 e. The molecule has 0 amide bonds. The Balaban J connectivity index is 1.95. The van der Waals surface area contributed by atoms with Gasteiger partial charge in [0.1, 0.15) is 0 Å². The topological polar surface area (TPSA) is 64.2 Å². The van der Waals surface area contributed by atoms with Gasteiger partial charge in [-0.1, -0.05) is 13.8 Å². The van der Waals surface area contributed by atoms with Gasteiger partial charge in [0.2, 0.25) is 0 Å². The van der Waals surface area contributed by atoms with Gasteiger partial charge < -0.3 is 10.6 Å². The van der Waals surface area contributed by atoms with Crippen LogP contribution in [0.1, 0.15) is 46.0 Å². The lowest BCUT2D eigenvalue weighted by Gasteiger charge is -2.32. The minimum Gasteiger partial charge on any atom is -0.370 e. The molecule has 0 saturated carbocycles. The number of piperidine rings is 1. The van der Waals surface area contributed by atoms with Crippen molar-refractivity contribution in [2.45, 2.75) is 58.5 Å². The predicted molar refractivity (Wildman–Crippen MR) is 86.6 cm³/mol. The quantitative estimate of drug-likeness (QED) is 0.871. The molecule has 118 valence electrons. The van der Waals surface area contributed by atoms with E-state index in [0.29, 0.717) is 12.5 Å². The molecule has 1 aliphatic heterocycles. The second kappa shape index (κ2) is 7.59. The Morgan fingerprint density at radius 2 is 2.33 bits per heavy atom. The third-order valence-corrected chi connectivity index (χ3v) is 4.35. The van der Waals surface area contributed by atoms with Gasteiger partial charge in [0, 0.05) is 31.7 Å². The lowest BCUT2D eigenvalue weighted by atomic mass is 10.00. The maximum atomic E-state index is 12.2. The summed E-state index contributed by atoms with van der Waals surface area (Å²) >= 11 is 0. The second-order valence-corrected chi connectivity index (χ2v) is 6.28. The number of anilines is 1. The molecule has 21 heavy (non-hydrogen) atoms. The lowest BCUT2D eigenvalue weighted by molar-refractivity contribution is 0.444. The van der Waals surface area contributed by atoms with Crippen LogP contribution in [0.5, 0.6) is 0 Å². The van der Waals surface area contributed by atoms with Crippen molar-refractivity contribution in [2.24, 2.45) is 11.7 Å². The number of aryl methyl sites for hydroxylation is 1. The molecule has 2 N–H and O–H groups in total. The molecule has 2 rings (SSSR count). The molecule has 2 unspecified atom stereocenters. The molecule has 2 heterocycles. The van der Waals surface area contributed by atoms with Crippen LogP contribution < -0.4 is 16.2 Å². The Kier molecular flexibility index (Phi) is 5.79. The monoisotopic (exact) mass is 292 g/mol. The first-order chi connectivity index (χ1) is 10.1. The average Bonchev–Trinajstić information content (AvgIpc) is 2.48. The first-order valence-electron chi connectivity index (χ1n) is 8.18. The van der Waals surface area contributed by atoms with E-state index in [1.807, 2.05) is 6.20 Å². The maximum absolute atomic E-state index is 12.2. The molecular weight excluding hydrogens is 264 g/mol. The van der Waals surface area contributed by atoms with Gasteiger partial charge in [0.25, 0.3) is 5.56 Å². The van der Waals surface area contributed by atoms with Gasteiger partial charge >= 0.3 is 0 Å². The summed E-state index contributed by atoms with van der Waals surface area (Å²) in [5.41, 5.74) is 6.86. The molecule has 1 fully saturated rings.